The summed E-state index contributed by atoms with van der Waals surface area (Å²) in [5, 5.41) is 0. The Morgan fingerprint density at radius 2 is 1.39 bits per heavy atom. The van der Waals surface area contributed by atoms with E-state index in [1.165, 1.54) is 19.2 Å². The Labute approximate surface area is 212 Å². The lowest BCUT2D eigenvalue weighted by Crippen LogP contribution is -2.53. The van der Waals surface area contributed by atoms with Crippen molar-refractivity contribution < 1.29 is 42.9 Å². The number of carbonyl (C=O) groups excluding carboxylic acids is 4. The van der Waals surface area contributed by atoms with Crippen molar-refractivity contribution in [3.05, 3.63) is 23.8 Å². The van der Waals surface area contributed by atoms with Crippen LogP contribution < -0.4 is 15.2 Å². The third-order valence-corrected chi connectivity index (χ3v) is 5.30. The van der Waals surface area contributed by atoms with E-state index in [1.807, 2.05) is 6.92 Å². The molecule has 0 saturated heterocycles. The van der Waals surface area contributed by atoms with Crippen LogP contribution in [0.25, 0.3) is 0 Å². The van der Waals surface area contributed by atoms with E-state index in [0.29, 0.717) is 12.0 Å². The molecule has 1 aromatic carbocycles. The molecule has 0 bridgehead atoms. The van der Waals surface area contributed by atoms with Gasteiger partial charge in [-0.1, -0.05) is 40.7 Å². The minimum atomic E-state index is -1.58. The summed E-state index contributed by atoms with van der Waals surface area (Å²) in [6, 6.07) is 4.55. The number of carbonyl (C=O) groups is 4. The fourth-order valence-electron chi connectivity index (χ4n) is 3.07. The van der Waals surface area contributed by atoms with Gasteiger partial charge < -0.3 is 29.4 Å². The van der Waals surface area contributed by atoms with E-state index in [0.717, 1.165) is 0 Å². The summed E-state index contributed by atoms with van der Waals surface area (Å²) in [5.74, 6) is -2.48. The minimum Gasteiger partial charge on any atom is -0.468 e. The van der Waals surface area contributed by atoms with E-state index in [1.54, 1.807) is 47.6 Å². The Kier molecular flexibility index (Phi) is 11.9. The van der Waals surface area contributed by atoms with Gasteiger partial charge in [-0.2, -0.15) is 0 Å². The molecule has 1 unspecified atom stereocenters. The SMILES string of the molecule is CC[C@H](C)OC(=O)O[C@@H](C)CC(N)(Cc1ccc(OC(=O)C(C)C)c(OC(=O)C(C)C)c1)C(=O)OC. The fourth-order valence-corrected chi connectivity index (χ4v) is 3.07. The van der Waals surface area contributed by atoms with Crippen LogP contribution in [0.5, 0.6) is 11.5 Å². The number of methoxy groups -OCH3 is 1. The van der Waals surface area contributed by atoms with Crippen LogP contribution in [0.4, 0.5) is 4.79 Å². The zero-order chi connectivity index (χ0) is 27.6. The summed E-state index contributed by atoms with van der Waals surface area (Å²) >= 11 is 0. The Bertz CT molecular complexity index is 928. The Morgan fingerprint density at radius 3 is 1.89 bits per heavy atom. The molecular weight excluding hydrogens is 470 g/mol. The van der Waals surface area contributed by atoms with E-state index in [9.17, 15) is 19.2 Å². The van der Waals surface area contributed by atoms with Crippen LogP contribution >= 0.6 is 0 Å². The lowest BCUT2D eigenvalue weighted by Gasteiger charge is -2.29. The van der Waals surface area contributed by atoms with E-state index in [2.05, 4.69) is 0 Å². The van der Waals surface area contributed by atoms with E-state index >= 15 is 0 Å². The third-order valence-electron chi connectivity index (χ3n) is 5.30. The number of ether oxygens (including phenoxy) is 5. The summed E-state index contributed by atoms with van der Waals surface area (Å²) in [6.07, 6.45) is -1.43. The van der Waals surface area contributed by atoms with Gasteiger partial charge in [0.25, 0.3) is 0 Å². The van der Waals surface area contributed by atoms with Crippen molar-refractivity contribution in [1.82, 2.24) is 0 Å². The molecule has 10 heteroatoms. The van der Waals surface area contributed by atoms with E-state index < -0.39 is 47.5 Å². The molecule has 0 aliphatic carbocycles. The van der Waals surface area contributed by atoms with E-state index in [4.69, 9.17) is 29.4 Å². The van der Waals surface area contributed by atoms with Gasteiger partial charge in [0.2, 0.25) is 0 Å². The first-order valence-electron chi connectivity index (χ1n) is 12.0. The van der Waals surface area contributed by atoms with E-state index in [-0.39, 0.29) is 30.4 Å². The minimum absolute atomic E-state index is 0.0221. The molecule has 202 valence electrons. The maximum atomic E-state index is 12.6. The van der Waals surface area contributed by atoms with Gasteiger partial charge in [0.05, 0.1) is 18.9 Å². The molecule has 0 saturated carbocycles. The molecule has 0 aromatic heterocycles. The van der Waals surface area contributed by atoms with Crippen LogP contribution in [0.1, 0.15) is 66.9 Å². The van der Waals surface area contributed by atoms with Gasteiger partial charge in [0.1, 0.15) is 17.7 Å². The van der Waals surface area contributed by atoms with Crippen LogP contribution in [0.15, 0.2) is 18.2 Å². The average Bonchev–Trinajstić information content (AvgIpc) is 2.79. The van der Waals surface area contributed by atoms with Gasteiger partial charge in [0, 0.05) is 12.8 Å². The zero-order valence-electron chi connectivity index (χ0n) is 22.4. The molecule has 0 spiro atoms. The van der Waals surface area contributed by atoms with Crippen LogP contribution in [-0.2, 0) is 35.0 Å². The molecule has 0 heterocycles. The molecule has 0 aliphatic heterocycles. The molecule has 3 atom stereocenters. The molecule has 1 aromatic rings. The van der Waals surface area contributed by atoms with Crippen molar-refractivity contribution in [3.8, 4) is 11.5 Å². The molecule has 36 heavy (non-hydrogen) atoms. The number of rotatable bonds is 12. The van der Waals surface area contributed by atoms with Gasteiger partial charge in [-0.25, -0.2) is 4.79 Å². The predicted molar refractivity (Wildman–Crippen MR) is 131 cm³/mol. The highest BCUT2D eigenvalue weighted by molar-refractivity contribution is 5.81. The van der Waals surface area contributed by atoms with Crippen molar-refractivity contribution in [2.24, 2.45) is 17.6 Å². The highest BCUT2D eigenvalue weighted by Gasteiger charge is 2.38. The van der Waals surface area contributed by atoms with Crippen molar-refractivity contribution in [1.29, 1.82) is 0 Å². The van der Waals surface area contributed by atoms with Gasteiger partial charge in [-0.05, 0) is 38.0 Å². The standard InChI is InChI=1S/C26H39NO9/c1-9-17(6)33-25(31)34-18(7)13-26(27,24(30)32-8)14-19-10-11-20(35-22(28)15(2)3)21(12-19)36-23(29)16(4)5/h10-12,15-18H,9,13-14,27H2,1-8H3/t17-,18-,26?/m0/s1. The summed E-state index contributed by atoms with van der Waals surface area (Å²) in [6.45, 7) is 11.9. The normalized spacial score (nSPS) is 14.4. The first-order chi connectivity index (χ1) is 16.7. The van der Waals surface area contributed by atoms with Crippen molar-refractivity contribution >= 4 is 24.1 Å². The van der Waals surface area contributed by atoms with Gasteiger partial charge >= 0.3 is 24.1 Å². The zero-order valence-corrected chi connectivity index (χ0v) is 22.4. The molecule has 2 N–H and O–H groups in total. The Balaban J connectivity index is 3.21. The second-order valence-electron chi connectivity index (χ2n) is 9.48. The first kappa shape index (κ1) is 30.9. The quantitative estimate of drug-likeness (QED) is 0.325. The topological polar surface area (TPSA) is 140 Å². The van der Waals surface area contributed by atoms with Gasteiger partial charge in [0.15, 0.2) is 11.5 Å². The smallest absolute Gasteiger partial charge is 0.468 e. The van der Waals surface area contributed by atoms with Crippen LogP contribution in [-0.4, -0.2) is 48.9 Å². The lowest BCUT2D eigenvalue weighted by atomic mass is 9.86. The van der Waals surface area contributed by atoms with Crippen LogP contribution in [0.2, 0.25) is 0 Å². The highest BCUT2D eigenvalue weighted by Crippen LogP contribution is 2.32. The van der Waals surface area contributed by atoms with Gasteiger partial charge in [-0.15, -0.1) is 0 Å². The van der Waals surface area contributed by atoms with Crippen LogP contribution in [0.3, 0.4) is 0 Å². The van der Waals surface area contributed by atoms with Crippen molar-refractivity contribution in [3.63, 3.8) is 0 Å². The van der Waals surface area contributed by atoms with Crippen molar-refractivity contribution in [2.45, 2.75) is 85.5 Å². The molecule has 0 radical (unpaired) electrons. The number of hydrogen-bond acceptors (Lipinski definition) is 10. The Hall–Kier alpha value is -3.14. The molecule has 0 amide bonds. The lowest BCUT2D eigenvalue weighted by molar-refractivity contribution is -0.148. The summed E-state index contributed by atoms with van der Waals surface area (Å²) < 4.78 is 26.1. The highest BCUT2D eigenvalue weighted by atomic mass is 16.7. The summed E-state index contributed by atoms with van der Waals surface area (Å²) in [7, 11) is 1.21. The largest absolute Gasteiger partial charge is 0.508 e. The summed E-state index contributed by atoms with van der Waals surface area (Å²) in [5.41, 5.74) is 5.37. The third kappa shape index (κ3) is 9.49. The monoisotopic (exact) mass is 509 g/mol. The number of hydrogen-bond donors (Lipinski definition) is 1. The molecule has 1 rings (SSSR count). The number of benzene rings is 1. The fraction of sp³-hybridized carbons (Fsp3) is 0.615. The maximum absolute atomic E-state index is 12.6. The molecule has 10 nitrogen and oxygen atoms in total. The molecule has 0 aliphatic rings. The first-order valence-corrected chi connectivity index (χ1v) is 12.0. The van der Waals surface area contributed by atoms with Crippen molar-refractivity contribution in [2.75, 3.05) is 7.11 Å². The second kappa shape index (κ2) is 13.8. The number of esters is 3. The molecular formula is C26H39NO9. The Morgan fingerprint density at radius 1 is 0.861 bits per heavy atom. The van der Waals surface area contributed by atoms with Crippen LogP contribution in [0, 0.1) is 11.8 Å². The molecule has 0 fully saturated rings. The predicted octanol–water partition coefficient (Wildman–Crippen LogP) is 3.95. The summed E-state index contributed by atoms with van der Waals surface area (Å²) in [4.78, 5) is 49.0. The average molecular weight is 510 g/mol. The second-order valence-corrected chi connectivity index (χ2v) is 9.48. The maximum Gasteiger partial charge on any atom is 0.508 e. The van der Waals surface area contributed by atoms with Gasteiger partial charge in [-0.3, -0.25) is 14.4 Å². The number of nitrogens with two attached hydrogens (primary N) is 1.